The van der Waals surface area contributed by atoms with Gasteiger partial charge in [-0.2, -0.15) is 0 Å². The van der Waals surface area contributed by atoms with Gasteiger partial charge in [0.25, 0.3) is 5.69 Å². The number of carbonyl (C=O) groups is 2. The molecule has 2 rings (SSSR count). The van der Waals surface area contributed by atoms with Crippen molar-refractivity contribution in [1.82, 2.24) is 10.2 Å². The predicted molar refractivity (Wildman–Crippen MR) is 135 cm³/mol. The summed E-state index contributed by atoms with van der Waals surface area (Å²) in [5.41, 5.74) is 0.217. The number of amides is 2. The monoisotopic (exact) mass is 524 g/mol. The van der Waals surface area contributed by atoms with Gasteiger partial charge >= 0.3 is 0 Å². The Morgan fingerprint density at radius 2 is 1.80 bits per heavy atom. The van der Waals surface area contributed by atoms with E-state index in [0.717, 1.165) is 16.6 Å². The molecule has 0 aromatic heterocycles. The van der Waals surface area contributed by atoms with Gasteiger partial charge in [0, 0.05) is 29.7 Å². The van der Waals surface area contributed by atoms with Crippen LogP contribution in [0, 0.1) is 10.1 Å². The first-order valence-electron chi connectivity index (χ1n) is 10.9. The molecule has 1 N–H and O–H groups in total. The molecule has 0 unspecified atom stereocenters. The van der Waals surface area contributed by atoms with Crippen molar-refractivity contribution in [3.8, 4) is 0 Å². The SMILES string of the molecule is CC[C@H](C)NC(=O)[C@H](C)N(Cc1ccccc1Cl)C(=O)CN(c1cccc([N+](=O)[O-])c1)S(C)(=O)=O. The Morgan fingerprint density at radius 1 is 1.14 bits per heavy atom. The van der Waals surface area contributed by atoms with Crippen molar-refractivity contribution in [2.45, 2.75) is 45.8 Å². The molecule has 2 amide bonds. The molecule has 0 fully saturated rings. The average molecular weight is 525 g/mol. The van der Waals surface area contributed by atoms with Gasteiger partial charge in [-0.05, 0) is 38.0 Å². The number of sulfonamides is 1. The second-order valence-electron chi connectivity index (χ2n) is 8.15. The number of carbonyl (C=O) groups excluding carboxylic acids is 2. The van der Waals surface area contributed by atoms with E-state index in [0.29, 0.717) is 17.0 Å². The van der Waals surface area contributed by atoms with Crippen LogP contribution in [0.4, 0.5) is 11.4 Å². The van der Waals surface area contributed by atoms with Crippen LogP contribution in [0.3, 0.4) is 0 Å². The maximum absolute atomic E-state index is 13.5. The highest BCUT2D eigenvalue weighted by atomic mass is 35.5. The number of hydrogen-bond acceptors (Lipinski definition) is 6. The lowest BCUT2D eigenvalue weighted by atomic mass is 10.1. The summed E-state index contributed by atoms with van der Waals surface area (Å²) in [7, 11) is -4.00. The van der Waals surface area contributed by atoms with Crippen LogP contribution in [0.1, 0.15) is 32.8 Å². The maximum atomic E-state index is 13.5. The lowest BCUT2D eigenvalue weighted by molar-refractivity contribution is -0.384. The van der Waals surface area contributed by atoms with Gasteiger partial charge in [-0.1, -0.05) is 42.8 Å². The molecule has 0 aliphatic heterocycles. The summed E-state index contributed by atoms with van der Waals surface area (Å²) in [6.07, 6.45) is 1.59. The van der Waals surface area contributed by atoms with Gasteiger partial charge in [0.2, 0.25) is 21.8 Å². The molecule has 0 radical (unpaired) electrons. The fourth-order valence-corrected chi connectivity index (χ4v) is 4.27. The molecule has 2 aromatic carbocycles. The molecule has 0 bridgehead atoms. The molecule has 0 saturated heterocycles. The third-order valence-electron chi connectivity index (χ3n) is 5.47. The number of nitrogens with zero attached hydrogens (tertiary/aromatic N) is 3. The summed E-state index contributed by atoms with van der Waals surface area (Å²) >= 11 is 6.28. The van der Waals surface area contributed by atoms with Crippen molar-refractivity contribution >= 4 is 44.8 Å². The predicted octanol–water partition coefficient (Wildman–Crippen LogP) is 3.35. The van der Waals surface area contributed by atoms with E-state index in [1.54, 1.807) is 31.2 Å². The first kappa shape index (κ1) is 28.1. The van der Waals surface area contributed by atoms with E-state index in [9.17, 15) is 28.1 Å². The van der Waals surface area contributed by atoms with E-state index < -0.39 is 39.3 Å². The zero-order valence-corrected chi connectivity index (χ0v) is 21.5. The molecule has 0 spiro atoms. The topological polar surface area (TPSA) is 130 Å². The third kappa shape index (κ3) is 7.66. The van der Waals surface area contributed by atoms with Gasteiger partial charge < -0.3 is 10.2 Å². The fraction of sp³-hybridized carbons (Fsp3) is 0.391. The van der Waals surface area contributed by atoms with Crippen LogP contribution >= 0.6 is 11.6 Å². The highest BCUT2D eigenvalue weighted by Gasteiger charge is 2.31. The van der Waals surface area contributed by atoms with Crippen LogP contribution in [0.15, 0.2) is 48.5 Å². The molecule has 0 aliphatic carbocycles. The molecule has 190 valence electrons. The van der Waals surface area contributed by atoms with Crippen molar-refractivity contribution in [2.24, 2.45) is 0 Å². The summed E-state index contributed by atoms with van der Waals surface area (Å²) < 4.78 is 25.9. The molecular weight excluding hydrogens is 496 g/mol. The van der Waals surface area contributed by atoms with Crippen LogP contribution in [-0.4, -0.2) is 54.9 Å². The van der Waals surface area contributed by atoms with Gasteiger partial charge in [0.15, 0.2) is 0 Å². The van der Waals surface area contributed by atoms with Crippen molar-refractivity contribution in [3.05, 3.63) is 69.2 Å². The first-order valence-corrected chi connectivity index (χ1v) is 13.1. The van der Waals surface area contributed by atoms with E-state index in [1.807, 2.05) is 13.8 Å². The number of nitro benzene ring substituents is 1. The highest BCUT2D eigenvalue weighted by Crippen LogP contribution is 2.24. The first-order chi connectivity index (χ1) is 16.3. The van der Waals surface area contributed by atoms with Crippen LogP contribution in [0.2, 0.25) is 5.02 Å². The molecule has 0 heterocycles. The van der Waals surface area contributed by atoms with Crippen LogP contribution < -0.4 is 9.62 Å². The molecular formula is C23H29ClN4O6S. The Hall–Kier alpha value is -3.18. The highest BCUT2D eigenvalue weighted by molar-refractivity contribution is 7.92. The fourth-order valence-electron chi connectivity index (χ4n) is 3.23. The normalized spacial score (nSPS) is 12.9. The summed E-state index contributed by atoms with van der Waals surface area (Å²) in [6, 6.07) is 10.7. The lowest BCUT2D eigenvalue weighted by Crippen LogP contribution is -2.52. The number of non-ortho nitro benzene ring substituents is 1. The molecule has 10 nitrogen and oxygen atoms in total. The van der Waals surface area contributed by atoms with Gasteiger partial charge in [0.1, 0.15) is 12.6 Å². The van der Waals surface area contributed by atoms with E-state index in [1.165, 1.54) is 23.1 Å². The van der Waals surface area contributed by atoms with E-state index >= 15 is 0 Å². The zero-order chi connectivity index (χ0) is 26.3. The minimum atomic E-state index is -4.00. The molecule has 0 aliphatic rings. The minimum Gasteiger partial charge on any atom is -0.352 e. The Bertz CT molecular complexity index is 1190. The second kappa shape index (κ2) is 12.0. The average Bonchev–Trinajstić information content (AvgIpc) is 2.80. The van der Waals surface area contributed by atoms with E-state index in [2.05, 4.69) is 5.32 Å². The number of halogens is 1. The van der Waals surface area contributed by atoms with Crippen molar-refractivity contribution in [3.63, 3.8) is 0 Å². The zero-order valence-electron chi connectivity index (χ0n) is 20.0. The summed E-state index contributed by atoms with van der Waals surface area (Å²) in [5.74, 6) is -1.07. The maximum Gasteiger partial charge on any atom is 0.271 e. The third-order valence-corrected chi connectivity index (χ3v) is 6.98. The van der Waals surface area contributed by atoms with Gasteiger partial charge in [0.05, 0.1) is 16.9 Å². The Balaban J connectivity index is 2.44. The Morgan fingerprint density at radius 3 is 2.37 bits per heavy atom. The minimum absolute atomic E-state index is 0.0375. The summed E-state index contributed by atoms with van der Waals surface area (Å²) in [6.45, 7) is 4.58. The largest absolute Gasteiger partial charge is 0.352 e. The Kier molecular flexibility index (Phi) is 9.61. The van der Waals surface area contributed by atoms with E-state index in [-0.39, 0.29) is 24.0 Å². The summed E-state index contributed by atoms with van der Waals surface area (Å²) in [5, 5.41) is 14.4. The number of benzene rings is 2. The van der Waals surface area contributed by atoms with Gasteiger partial charge in [-0.3, -0.25) is 24.0 Å². The second-order valence-corrected chi connectivity index (χ2v) is 10.5. The van der Waals surface area contributed by atoms with Crippen LogP contribution in [0.5, 0.6) is 0 Å². The van der Waals surface area contributed by atoms with Crippen LogP contribution in [-0.2, 0) is 26.2 Å². The quantitative estimate of drug-likeness (QED) is 0.354. The molecule has 2 aromatic rings. The Labute approximate surface area is 210 Å². The molecule has 35 heavy (non-hydrogen) atoms. The molecule has 0 saturated carbocycles. The van der Waals surface area contributed by atoms with Crippen molar-refractivity contribution < 1.29 is 22.9 Å². The number of rotatable bonds is 11. The van der Waals surface area contributed by atoms with E-state index in [4.69, 9.17) is 11.6 Å². The number of anilines is 1. The van der Waals surface area contributed by atoms with Crippen molar-refractivity contribution in [1.29, 1.82) is 0 Å². The lowest BCUT2D eigenvalue weighted by Gasteiger charge is -2.32. The van der Waals surface area contributed by atoms with Gasteiger partial charge in [-0.15, -0.1) is 0 Å². The smallest absolute Gasteiger partial charge is 0.271 e. The summed E-state index contributed by atoms with van der Waals surface area (Å²) in [4.78, 5) is 38.1. The van der Waals surface area contributed by atoms with Crippen LogP contribution in [0.25, 0.3) is 0 Å². The van der Waals surface area contributed by atoms with Crippen molar-refractivity contribution in [2.75, 3.05) is 17.1 Å². The molecule has 12 heteroatoms. The number of nitrogens with one attached hydrogen (secondary N) is 1. The number of hydrogen-bond donors (Lipinski definition) is 1. The molecule has 2 atom stereocenters. The van der Waals surface area contributed by atoms with Gasteiger partial charge in [-0.25, -0.2) is 8.42 Å². The number of nitro groups is 1. The standard InChI is InChI=1S/C23H29ClN4O6S/c1-5-16(2)25-23(30)17(3)26(14-18-9-6-7-12-21(18)24)22(29)15-27(35(4,33)34)19-10-8-11-20(13-19)28(31)32/h6-13,16-17H,5,14-15H2,1-4H3,(H,25,30)/t16-,17-/m0/s1.